The standard InChI is InChI=1S/C15H25N3O2S/c1-17(2)8-13-7-15(20-10-13)11-18(4-5-19-12-15)9-14-16-3-6-21-14/h3,6,13H,4-5,7-12H2,1-2H3/t13-,15+/m0/s1. The van der Waals surface area contributed by atoms with Crippen LogP contribution in [-0.4, -0.2) is 73.9 Å². The molecule has 3 heterocycles. The van der Waals surface area contributed by atoms with Gasteiger partial charge < -0.3 is 14.4 Å². The summed E-state index contributed by atoms with van der Waals surface area (Å²) in [6.45, 7) is 6.28. The Balaban J connectivity index is 1.62. The van der Waals surface area contributed by atoms with Gasteiger partial charge in [0.25, 0.3) is 0 Å². The fourth-order valence-electron chi connectivity index (χ4n) is 3.42. The molecule has 2 aliphatic rings. The van der Waals surface area contributed by atoms with Gasteiger partial charge in [0.2, 0.25) is 0 Å². The molecule has 2 saturated heterocycles. The quantitative estimate of drug-likeness (QED) is 0.838. The Morgan fingerprint density at radius 1 is 1.52 bits per heavy atom. The van der Waals surface area contributed by atoms with Crippen molar-refractivity contribution in [3.63, 3.8) is 0 Å². The first-order valence-electron chi connectivity index (χ1n) is 7.62. The van der Waals surface area contributed by atoms with Gasteiger partial charge in [-0.25, -0.2) is 4.98 Å². The predicted octanol–water partition coefficient (Wildman–Crippen LogP) is 1.31. The van der Waals surface area contributed by atoms with E-state index in [4.69, 9.17) is 9.47 Å². The largest absolute Gasteiger partial charge is 0.377 e. The van der Waals surface area contributed by atoms with Gasteiger partial charge >= 0.3 is 0 Å². The van der Waals surface area contributed by atoms with Crippen LogP contribution in [0.2, 0.25) is 0 Å². The fourth-order valence-corrected chi connectivity index (χ4v) is 4.08. The Morgan fingerprint density at radius 3 is 3.19 bits per heavy atom. The van der Waals surface area contributed by atoms with Crippen LogP contribution in [0.15, 0.2) is 11.6 Å². The number of thiazole rings is 1. The van der Waals surface area contributed by atoms with Gasteiger partial charge in [0.15, 0.2) is 0 Å². The highest BCUT2D eigenvalue weighted by atomic mass is 32.1. The summed E-state index contributed by atoms with van der Waals surface area (Å²) in [5.41, 5.74) is -0.117. The van der Waals surface area contributed by atoms with E-state index >= 15 is 0 Å². The average molecular weight is 311 g/mol. The summed E-state index contributed by atoms with van der Waals surface area (Å²) in [5, 5.41) is 3.22. The van der Waals surface area contributed by atoms with Crippen LogP contribution in [0.4, 0.5) is 0 Å². The van der Waals surface area contributed by atoms with Crippen LogP contribution < -0.4 is 0 Å². The van der Waals surface area contributed by atoms with E-state index in [9.17, 15) is 0 Å². The molecule has 0 N–H and O–H groups in total. The van der Waals surface area contributed by atoms with Crippen molar-refractivity contribution in [2.45, 2.75) is 18.6 Å². The zero-order chi connectivity index (χ0) is 14.7. The van der Waals surface area contributed by atoms with Gasteiger partial charge in [-0.3, -0.25) is 4.90 Å². The Hall–Kier alpha value is -0.530. The van der Waals surface area contributed by atoms with Gasteiger partial charge in [0, 0.05) is 31.2 Å². The highest BCUT2D eigenvalue weighted by Crippen LogP contribution is 2.33. The molecule has 0 bridgehead atoms. The van der Waals surface area contributed by atoms with Crippen molar-refractivity contribution in [2.75, 3.05) is 53.6 Å². The molecule has 0 unspecified atom stereocenters. The minimum absolute atomic E-state index is 0.117. The van der Waals surface area contributed by atoms with Gasteiger partial charge in [-0.05, 0) is 26.4 Å². The molecule has 2 fully saturated rings. The van der Waals surface area contributed by atoms with E-state index in [1.165, 1.54) is 5.01 Å². The Kier molecular flexibility index (Phi) is 4.91. The van der Waals surface area contributed by atoms with E-state index in [1.807, 2.05) is 11.6 Å². The van der Waals surface area contributed by atoms with E-state index in [0.717, 1.165) is 52.4 Å². The van der Waals surface area contributed by atoms with Crippen molar-refractivity contribution in [1.29, 1.82) is 0 Å². The zero-order valence-electron chi connectivity index (χ0n) is 13.0. The monoisotopic (exact) mass is 311 g/mol. The maximum absolute atomic E-state index is 6.21. The van der Waals surface area contributed by atoms with Crippen molar-refractivity contribution in [2.24, 2.45) is 5.92 Å². The summed E-state index contributed by atoms with van der Waals surface area (Å²) in [6.07, 6.45) is 2.98. The fraction of sp³-hybridized carbons (Fsp3) is 0.800. The van der Waals surface area contributed by atoms with Crippen molar-refractivity contribution in [1.82, 2.24) is 14.8 Å². The lowest BCUT2D eigenvalue weighted by molar-refractivity contribution is -0.0563. The molecule has 21 heavy (non-hydrogen) atoms. The highest BCUT2D eigenvalue weighted by molar-refractivity contribution is 7.09. The second-order valence-electron chi connectivity index (χ2n) is 6.52. The lowest BCUT2D eigenvalue weighted by atomic mass is 9.94. The maximum Gasteiger partial charge on any atom is 0.107 e. The van der Waals surface area contributed by atoms with Gasteiger partial charge in [-0.15, -0.1) is 11.3 Å². The minimum atomic E-state index is -0.117. The molecule has 1 aromatic heterocycles. The first kappa shape index (κ1) is 15.4. The van der Waals surface area contributed by atoms with E-state index in [-0.39, 0.29) is 5.60 Å². The number of aromatic nitrogens is 1. The number of nitrogens with zero attached hydrogens (tertiary/aromatic N) is 3. The molecule has 0 radical (unpaired) electrons. The molecule has 2 aliphatic heterocycles. The molecular weight excluding hydrogens is 286 g/mol. The van der Waals surface area contributed by atoms with Crippen LogP contribution in [0.25, 0.3) is 0 Å². The molecule has 0 aliphatic carbocycles. The van der Waals surface area contributed by atoms with Gasteiger partial charge in [-0.1, -0.05) is 0 Å². The molecule has 0 amide bonds. The van der Waals surface area contributed by atoms with Crippen LogP contribution in [0.1, 0.15) is 11.4 Å². The average Bonchev–Trinajstić information content (AvgIpc) is 3.00. The van der Waals surface area contributed by atoms with Crippen LogP contribution in [-0.2, 0) is 16.0 Å². The van der Waals surface area contributed by atoms with Crippen molar-refractivity contribution in [3.05, 3.63) is 16.6 Å². The third-order valence-corrected chi connectivity index (χ3v) is 4.94. The predicted molar refractivity (Wildman–Crippen MR) is 83.6 cm³/mol. The Morgan fingerprint density at radius 2 is 2.43 bits per heavy atom. The number of rotatable bonds is 4. The maximum atomic E-state index is 6.21. The molecule has 3 rings (SSSR count). The third-order valence-electron chi connectivity index (χ3n) is 4.18. The molecule has 1 spiro atoms. The van der Waals surface area contributed by atoms with E-state index in [1.54, 1.807) is 11.3 Å². The van der Waals surface area contributed by atoms with Crippen molar-refractivity contribution in [3.8, 4) is 0 Å². The molecule has 1 aromatic rings. The smallest absolute Gasteiger partial charge is 0.107 e. The molecule has 6 heteroatoms. The zero-order valence-corrected chi connectivity index (χ0v) is 13.8. The summed E-state index contributed by atoms with van der Waals surface area (Å²) in [4.78, 5) is 9.08. The summed E-state index contributed by atoms with van der Waals surface area (Å²) in [7, 11) is 4.26. The Labute approximate surface area is 130 Å². The van der Waals surface area contributed by atoms with Crippen molar-refractivity contribution >= 4 is 11.3 Å². The van der Waals surface area contributed by atoms with Crippen LogP contribution in [0.3, 0.4) is 0 Å². The number of hydrogen-bond acceptors (Lipinski definition) is 6. The Bertz CT molecular complexity index is 440. The van der Waals surface area contributed by atoms with E-state index in [2.05, 4.69) is 28.9 Å². The topological polar surface area (TPSA) is 37.8 Å². The molecule has 5 nitrogen and oxygen atoms in total. The van der Waals surface area contributed by atoms with Crippen LogP contribution in [0.5, 0.6) is 0 Å². The van der Waals surface area contributed by atoms with E-state index < -0.39 is 0 Å². The molecular formula is C15H25N3O2S. The first-order chi connectivity index (χ1) is 10.2. The molecule has 2 atom stereocenters. The molecule has 118 valence electrons. The summed E-state index contributed by atoms with van der Waals surface area (Å²) in [5.74, 6) is 0.614. The normalized spacial score (nSPS) is 31.1. The third kappa shape index (κ3) is 4.02. The van der Waals surface area contributed by atoms with Gasteiger partial charge in [-0.2, -0.15) is 0 Å². The lowest BCUT2D eigenvalue weighted by Crippen LogP contribution is -2.44. The van der Waals surface area contributed by atoms with Crippen LogP contribution in [0, 0.1) is 5.92 Å². The minimum Gasteiger partial charge on any atom is -0.377 e. The second-order valence-corrected chi connectivity index (χ2v) is 7.49. The molecule has 0 aromatic carbocycles. The second kappa shape index (κ2) is 6.71. The van der Waals surface area contributed by atoms with Gasteiger partial charge in [0.1, 0.15) is 10.6 Å². The first-order valence-corrected chi connectivity index (χ1v) is 8.50. The van der Waals surface area contributed by atoms with Gasteiger partial charge in [0.05, 0.1) is 26.4 Å². The van der Waals surface area contributed by atoms with E-state index in [0.29, 0.717) is 5.92 Å². The van der Waals surface area contributed by atoms with Crippen LogP contribution >= 0.6 is 11.3 Å². The van der Waals surface area contributed by atoms with Crippen molar-refractivity contribution < 1.29 is 9.47 Å². The summed E-state index contributed by atoms with van der Waals surface area (Å²) in [6, 6.07) is 0. The summed E-state index contributed by atoms with van der Waals surface area (Å²) >= 11 is 1.72. The highest BCUT2D eigenvalue weighted by Gasteiger charge is 2.43. The molecule has 0 saturated carbocycles. The number of hydrogen-bond donors (Lipinski definition) is 0. The summed E-state index contributed by atoms with van der Waals surface area (Å²) < 4.78 is 12.1. The lowest BCUT2D eigenvalue weighted by Gasteiger charge is -2.30. The number of ether oxygens (including phenoxy) is 2. The SMILES string of the molecule is CN(C)C[C@H]1CO[C@]2(COCCN(Cc3nccs3)C2)C1.